The molecular formula is C29H47NO10P2. The van der Waals surface area contributed by atoms with E-state index in [1.54, 1.807) is 6.07 Å². The summed E-state index contributed by atoms with van der Waals surface area (Å²) in [6.45, 7) is 11.2. The van der Waals surface area contributed by atoms with E-state index in [1.807, 2.05) is 39.0 Å². The molecule has 238 valence electrons. The second-order valence-electron chi connectivity index (χ2n) is 9.34. The summed E-state index contributed by atoms with van der Waals surface area (Å²) in [5.74, 6) is 0.634. The molecule has 0 bridgehead atoms. The molecule has 0 radical (unpaired) electrons. The number of nitro groups is 1. The molecule has 0 aliphatic carbocycles. The van der Waals surface area contributed by atoms with Crippen LogP contribution in [0.4, 0.5) is 5.69 Å². The molecule has 2 aromatic rings. The molecule has 0 aromatic heterocycles. The van der Waals surface area contributed by atoms with Crippen molar-refractivity contribution in [3.63, 3.8) is 0 Å². The highest BCUT2D eigenvalue weighted by molar-refractivity contribution is 7.49. The summed E-state index contributed by atoms with van der Waals surface area (Å²) in [4.78, 5) is 10.2. The van der Waals surface area contributed by atoms with Crippen molar-refractivity contribution < 1.29 is 41.2 Å². The van der Waals surface area contributed by atoms with E-state index in [-0.39, 0.29) is 24.7 Å². The molecule has 13 heteroatoms. The molecule has 0 unspecified atom stereocenters. The predicted octanol–water partition coefficient (Wildman–Crippen LogP) is 9.83. The SMILES string of the molecule is CCCCOP(=O)(OCCCC)Oc1cccc([N+](=O)[O-])c1.CCCCOP(=O)(OCCCC)Oc1ccccc1C. The minimum atomic E-state index is -3.77. The van der Waals surface area contributed by atoms with Crippen LogP contribution in [0, 0.1) is 17.0 Å². The van der Waals surface area contributed by atoms with Crippen LogP contribution < -0.4 is 9.05 Å². The minimum absolute atomic E-state index is 0.0885. The lowest BCUT2D eigenvalue weighted by molar-refractivity contribution is -0.384. The maximum Gasteiger partial charge on any atom is 0.530 e. The summed E-state index contributed by atoms with van der Waals surface area (Å²) in [5, 5.41) is 10.8. The van der Waals surface area contributed by atoms with Gasteiger partial charge in [0.05, 0.1) is 37.4 Å². The van der Waals surface area contributed by atoms with Gasteiger partial charge in [0.1, 0.15) is 11.5 Å². The molecule has 0 N–H and O–H groups in total. The van der Waals surface area contributed by atoms with Crippen LogP contribution in [-0.4, -0.2) is 31.4 Å². The number of hydrogen-bond donors (Lipinski definition) is 0. The highest BCUT2D eigenvalue weighted by Gasteiger charge is 2.30. The molecule has 0 amide bonds. The standard InChI is InChI=1S/C15H25O4P.C14H22NO6P/c1-4-6-12-17-20(16,18-13-7-5-2)19-15-11-9-8-10-14(15)3;1-3-5-10-19-22(18,20-11-6-4-2)21-14-9-7-8-13(12-14)15(16)17/h8-11H,4-7,12-13H2,1-3H3;7-9,12H,3-6,10-11H2,1-2H3. The second-order valence-corrected chi connectivity index (χ2v) is 12.5. The number of rotatable bonds is 21. The Bertz CT molecular complexity index is 1100. The molecule has 0 fully saturated rings. The number of non-ortho nitro benzene ring substituents is 1. The second kappa shape index (κ2) is 21.4. The monoisotopic (exact) mass is 631 g/mol. The summed E-state index contributed by atoms with van der Waals surface area (Å²) in [6, 6.07) is 12.9. The van der Waals surface area contributed by atoms with Crippen LogP contribution >= 0.6 is 15.6 Å². The number of phosphoric acid groups is 2. The maximum atomic E-state index is 12.6. The van der Waals surface area contributed by atoms with Gasteiger partial charge in [-0.2, -0.15) is 0 Å². The minimum Gasteiger partial charge on any atom is -0.404 e. The Morgan fingerprint density at radius 1 is 0.667 bits per heavy atom. The molecule has 11 nitrogen and oxygen atoms in total. The van der Waals surface area contributed by atoms with Gasteiger partial charge in [0.15, 0.2) is 0 Å². The van der Waals surface area contributed by atoms with E-state index in [1.165, 1.54) is 24.3 Å². The Labute approximate surface area is 250 Å². The average molecular weight is 632 g/mol. The van der Waals surface area contributed by atoms with Crippen molar-refractivity contribution in [3.05, 3.63) is 64.2 Å². The lowest BCUT2D eigenvalue weighted by Crippen LogP contribution is -2.05. The Kier molecular flexibility index (Phi) is 19.3. The highest BCUT2D eigenvalue weighted by atomic mass is 31.2. The Morgan fingerprint density at radius 3 is 1.55 bits per heavy atom. The van der Waals surface area contributed by atoms with Crippen LogP contribution in [0.25, 0.3) is 0 Å². The first kappa shape index (κ1) is 37.8. The van der Waals surface area contributed by atoms with E-state index < -0.39 is 20.6 Å². The van der Waals surface area contributed by atoms with Crippen molar-refractivity contribution in [1.29, 1.82) is 0 Å². The van der Waals surface area contributed by atoms with Gasteiger partial charge < -0.3 is 9.05 Å². The number of nitro benzene ring substituents is 1. The molecule has 42 heavy (non-hydrogen) atoms. The fraction of sp³-hybridized carbons (Fsp3) is 0.586. The number of aryl methyl sites for hydroxylation is 1. The number of phosphoric ester groups is 2. The lowest BCUT2D eigenvalue weighted by atomic mass is 10.2. The van der Waals surface area contributed by atoms with E-state index >= 15 is 0 Å². The van der Waals surface area contributed by atoms with Gasteiger partial charge in [-0.05, 0) is 50.3 Å². The van der Waals surface area contributed by atoms with Crippen molar-refractivity contribution in [2.45, 2.75) is 86.0 Å². The van der Waals surface area contributed by atoms with Gasteiger partial charge in [0.2, 0.25) is 0 Å². The molecule has 0 aliphatic heterocycles. The first-order valence-corrected chi connectivity index (χ1v) is 17.5. The first-order chi connectivity index (χ1) is 20.1. The van der Waals surface area contributed by atoms with Gasteiger partial charge in [-0.25, -0.2) is 9.13 Å². The third-order valence-electron chi connectivity index (χ3n) is 5.54. The molecule has 0 saturated carbocycles. The topological polar surface area (TPSA) is 133 Å². The van der Waals surface area contributed by atoms with Gasteiger partial charge in [0.25, 0.3) is 5.69 Å². The van der Waals surface area contributed by atoms with Gasteiger partial charge in [0, 0.05) is 6.07 Å². The number of para-hydroxylation sites is 1. The fourth-order valence-electron chi connectivity index (χ4n) is 3.02. The van der Waals surface area contributed by atoms with E-state index in [0.29, 0.717) is 19.0 Å². The zero-order chi connectivity index (χ0) is 31.3. The summed E-state index contributed by atoms with van der Waals surface area (Å²) in [6.07, 6.45) is 6.81. The van der Waals surface area contributed by atoms with Crippen molar-refractivity contribution in [2.24, 2.45) is 0 Å². The van der Waals surface area contributed by atoms with E-state index in [2.05, 4.69) is 13.8 Å². The van der Waals surface area contributed by atoms with Crippen LogP contribution in [0.1, 0.15) is 84.6 Å². The normalized spacial score (nSPS) is 11.5. The Hall–Kier alpha value is -2.26. The lowest BCUT2D eigenvalue weighted by Gasteiger charge is -2.19. The number of benzene rings is 2. The molecule has 0 saturated heterocycles. The van der Waals surface area contributed by atoms with E-state index in [4.69, 9.17) is 27.1 Å². The van der Waals surface area contributed by atoms with Gasteiger partial charge in [-0.3, -0.25) is 28.2 Å². The molecule has 2 aromatic carbocycles. The molecule has 0 heterocycles. The Morgan fingerprint density at radius 2 is 1.12 bits per heavy atom. The smallest absolute Gasteiger partial charge is 0.404 e. The third-order valence-corrected chi connectivity index (χ3v) is 8.39. The highest BCUT2D eigenvalue weighted by Crippen LogP contribution is 2.51. The molecule has 0 spiro atoms. The van der Waals surface area contributed by atoms with E-state index in [0.717, 1.165) is 56.9 Å². The number of unbranched alkanes of at least 4 members (excludes halogenated alkanes) is 4. The maximum absolute atomic E-state index is 12.6. The fourth-order valence-corrected chi connectivity index (χ4v) is 5.61. The summed E-state index contributed by atoms with van der Waals surface area (Å²) >= 11 is 0. The van der Waals surface area contributed by atoms with Gasteiger partial charge in [-0.1, -0.05) is 77.6 Å². The van der Waals surface area contributed by atoms with Crippen LogP contribution in [0.3, 0.4) is 0 Å². The van der Waals surface area contributed by atoms with Crippen LogP contribution in [0.5, 0.6) is 11.5 Å². The van der Waals surface area contributed by atoms with E-state index in [9.17, 15) is 19.2 Å². The Balaban J connectivity index is 0.000000422. The van der Waals surface area contributed by atoms with Gasteiger partial charge in [-0.15, -0.1) is 0 Å². The number of nitrogens with zero attached hydrogens (tertiary/aromatic N) is 1. The molecule has 0 aliphatic rings. The predicted molar refractivity (Wildman–Crippen MR) is 164 cm³/mol. The zero-order valence-electron chi connectivity index (χ0n) is 25.5. The molecular weight excluding hydrogens is 584 g/mol. The number of hydrogen-bond acceptors (Lipinski definition) is 10. The van der Waals surface area contributed by atoms with Gasteiger partial charge >= 0.3 is 15.6 Å². The van der Waals surface area contributed by atoms with Crippen molar-refractivity contribution in [1.82, 2.24) is 0 Å². The molecule has 2 rings (SSSR count). The zero-order valence-corrected chi connectivity index (χ0v) is 27.3. The third kappa shape index (κ3) is 15.8. The van der Waals surface area contributed by atoms with Crippen LogP contribution in [-0.2, 0) is 27.2 Å². The summed E-state index contributed by atoms with van der Waals surface area (Å²) in [5.41, 5.74) is 0.761. The van der Waals surface area contributed by atoms with Crippen LogP contribution in [0.15, 0.2) is 48.5 Å². The summed E-state index contributed by atoms with van der Waals surface area (Å²) in [7, 11) is -7.30. The first-order valence-electron chi connectivity index (χ1n) is 14.6. The van der Waals surface area contributed by atoms with Crippen LogP contribution in [0.2, 0.25) is 0 Å². The van der Waals surface area contributed by atoms with Crippen molar-refractivity contribution in [2.75, 3.05) is 26.4 Å². The molecule has 0 atom stereocenters. The summed E-state index contributed by atoms with van der Waals surface area (Å²) < 4.78 is 57.3. The van der Waals surface area contributed by atoms with Crippen molar-refractivity contribution in [3.8, 4) is 11.5 Å². The largest absolute Gasteiger partial charge is 0.530 e. The quantitative estimate of drug-likeness (QED) is 0.0567. The average Bonchev–Trinajstić information content (AvgIpc) is 2.95. The van der Waals surface area contributed by atoms with Crippen molar-refractivity contribution >= 4 is 21.3 Å².